The predicted molar refractivity (Wildman–Crippen MR) is 83.0 cm³/mol. The van der Waals surface area contributed by atoms with Gasteiger partial charge in [-0.25, -0.2) is 16.8 Å². The molecule has 0 aliphatic rings. The van der Waals surface area contributed by atoms with E-state index in [2.05, 4.69) is 5.32 Å². The summed E-state index contributed by atoms with van der Waals surface area (Å²) in [7, 11) is -1.89. The number of rotatable bonds is 6. The summed E-state index contributed by atoms with van der Waals surface area (Å²) in [6, 6.07) is 2.83. The van der Waals surface area contributed by atoms with Crippen LogP contribution in [0.25, 0.3) is 0 Å². The largest absolute Gasteiger partial charge is 0.354 e. The van der Waals surface area contributed by atoms with E-state index in [1.165, 1.54) is 26.0 Å². The van der Waals surface area contributed by atoms with Crippen molar-refractivity contribution >= 4 is 46.8 Å². The lowest BCUT2D eigenvalue weighted by atomic mass is 10.2. The van der Waals surface area contributed by atoms with Crippen LogP contribution < -0.4 is 5.32 Å². The minimum absolute atomic E-state index is 0.0172. The summed E-state index contributed by atoms with van der Waals surface area (Å²) >= 11 is 0.908. The summed E-state index contributed by atoms with van der Waals surface area (Å²) in [5.74, 6) is -0.382. The SMILES string of the molecule is CC(C)(CNC(=O)Cc1ccc(S(=O)(=O)Cl)s1)S(C)(=O)=O. The number of hydrogen-bond donors (Lipinski definition) is 1. The van der Waals surface area contributed by atoms with E-state index in [4.69, 9.17) is 10.7 Å². The summed E-state index contributed by atoms with van der Waals surface area (Å²) in [5, 5.41) is 2.53. The molecule has 0 saturated heterocycles. The Morgan fingerprint density at radius 3 is 2.29 bits per heavy atom. The molecule has 1 N–H and O–H groups in total. The first kappa shape index (κ1) is 18.4. The van der Waals surface area contributed by atoms with Gasteiger partial charge < -0.3 is 5.32 Å². The van der Waals surface area contributed by atoms with Crippen molar-refractivity contribution in [3.05, 3.63) is 17.0 Å². The van der Waals surface area contributed by atoms with Crippen LogP contribution >= 0.6 is 22.0 Å². The maximum atomic E-state index is 11.8. The number of halogens is 1. The van der Waals surface area contributed by atoms with Crippen LogP contribution in [-0.2, 0) is 30.1 Å². The molecular weight excluding hydrogens is 358 g/mol. The van der Waals surface area contributed by atoms with Gasteiger partial charge in [0.15, 0.2) is 9.84 Å². The Kier molecular flexibility index (Phi) is 5.46. The normalized spacial score (nSPS) is 13.1. The van der Waals surface area contributed by atoms with Crippen LogP contribution in [0.15, 0.2) is 16.3 Å². The Labute approximate surface area is 132 Å². The molecule has 0 aliphatic carbocycles. The molecule has 6 nitrogen and oxygen atoms in total. The maximum Gasteiger partial charge on any atom is 0.270 e. The van der Waals surface area contributed by atoms with Gasteiger partial charge in [0.1, 0.15) is 4.21 Å². The van der Waals surface area contributed by atoms with Gasteiger partial charge in [-0.15, -0.1) is 11.3 Å². The standard InChI is InChI=1S/C11H16ClNO5S3/c1-11(2,20(3,15)16)7-13-9(14)6-8-4-5-10(19-8)21(12,17)18/h4-5H,6-7H2,1-3H3,(H,13,14). The van der Waals surface area contributed by atoms with Crippen molar-refractivity contribution in [1.29, 1.82) is 0 Å². The van der Waals surface area contributed by atoms with Gasteiger partial charge >= 0.3 is 0 Å². The highest BCUT2D eigenvalue weighted by molar-refractivity contribution is 8.15. The second-order valence-corrected chi connectivity index (χ2v) is 11.8. The first-order valence-electron chi connectivity index (χ1n) is 5.82. The Morgan fingerprint density at radius 1 is 1.29 bits per heavy atom. The molecule has 0 unspecified atom stereocenters. The molecular formula is C11H16ClNO5S3. The molecule has 0 aliphatic heterocycles. The van der Waals surface area contributed by atoms with Crippen molar-refractivity contribution in [3.63, 3.8) is 0 Å². The van der Waals surface area contributed by atoms with Crippen molar-refractivity contribution in [3.8, 4) is 0 Å². The lowest BCUT2D eigenvalue weighted by Gasteiger charge is -2.22. The van der Waals surface area contributed by atoms with Gasteiger partial charge in [0.25, 0.3) is 9.05 Å². The van der Waals surface area contributed by atoms with Gasteiger partial charge in [-0.3, -0.25) is 4.79 Å². The number of thiophene rings is 1. The lowest BCUT2D eigenvalue weighted by molar-refractivity contribution is -0.120. The average Bonchev–Trinajstić information content (AvgIpc) is 2.73. The van der Waals surface area contributed by atoms with E-state index in [9.17, 15) is 21.6 Å². The number of carbonyl (C=O) groups is 1. The van der Waals surface area contributed by atoms with Gasteiger partial charge in [-0.2, -0.15) is 0 Å². The van der Waals surface area contributed by atoms with Crippen molar-refractivity contribution < 1.29 is 21.6 Å². The smallest absolute Gasteiger partial charge is 0.270 e. The van der Waals surface area contributed by atoms with Crippen molar-refractivity contribution in [1.82, 2.24) is 5.32 Å². The van der Waals surface area contributed by atoms with E-state index >= 15 is 0 Å². The molecule has 0 aromatic carbocycles. The van der Waals surface area contributed by atoms with Crippen molar-refractivity contribution in [2.45, 2.75) is 29.2 Å². The Hall–Kier alpha value is -0.640. The molecule has 0 fully saturated rings. The number of hydrogen-bond acceptors (Lipinski definition) is 6. The lowest BCUT2D eigenvalue weighted by Crippen LogP contribution is -2.44. The summed E-state index contributed by atoms with van der Waals surface area (Å²) in [6.45, 7) is 3.02. The van der Waals surface area contributed by atoms with E-state index in [1.807, 2.05) is 0 Å². The second-order valence-electron chi connectivity index (χ2n) is 5.14. The fourth-order valence-electron chi connectivity index (χ4n) is 1.25. The zero-order valence-corrected chi connectivity index (χ0v) is 14.9. The van der Waals surface area contributed by atoms with Crippen LogP contribution in [0.1, 0.15) is 18.7 Å². The molecule has 1 aromatic rings. The van der Waals surface area contributed by atoms with Gasteiger partial charge in [0.05, 0.1) is 11.2 Å². The molecule has 120 valence electrons. The highest BCUT2D eigenvalue weighted by Crippen LogP contribution is 2.25. The molecule has 0 radical (unpaired) electrons. The summed E-state index contributed by atoms with van der Waals surface area (Å²) in [5.41, 5.74) is 0. The molecule has 0 spiro atoms. The zero-order valence-electron chi connectivity index (χ0n) is 11.7. The average molecular weight is 374 g/mol. The first-order valence-corrected chi connectivity index (χ1v) is 10.8. The highest BCUT2D eigenvalue weighted by atomic mass is 35.7. The van der Waals surface area contributed by atoms with E-state index in [-0.39, 0.29) is 23.1 Å². The molecule has 21 heavy (non-hydrogen) atoms. The van der Waals surface area contributed by atoms with Crippen LogP contribution in [0, 0.1) is 0 Å². The van der Waals surface area contributed by atoms with Crippen LogP contribution in [0.3, 0.4) is 0 Å². The van der Waals surface area contributed by atoms with Gasteiger partial charge in [-0.05, 0) is 26.0 Å². The molecule has 0 atom stereocenters. The second kappa shape index (κ2) is 6.23. The number of amides is 1. The quantitative estimate of drug-likeness (QED) is 0.754. The minimum Gasteiger partial charge on any atom is -0.354 e. The first-order chi connectivity index (χ1) is 9.33. The van der Waals surface area contributed by atoms with Crippen molar-refractivity contribution in [2.24, 2.45) is 0 Å². The summed E-state index contributed by atoms with van der Waals surface area (Å²) in [6.07, 6.45) is 1.08. The van der Waals surface area contributed by atoms with Crippen LogP contribution in [0.5, 0.6) is 0 Å². The molecule has 1 rings (SSSR count). The summed E-state index contributed by atoms with van der Waals surface area (Å²) in [4.78, 5) is 12.3. The topological polar surface area (TPSA) is 97.4 Å². The van der Waals surface area contributed by atoms with Crippen LogP contribution in [-0.4, -0.2) is 40.3 Å². The van der Waals surface area contributed by atoms with Gasteiger partial charge in [0, 0.05) is 28.4 Å². The maximum absolute atomic E-state index is 11.8. The van der Waals surface area contributed by atoms with E-state index < -0.39 is 23.6 Å². The predicted octanol–water partition coefficient (Wildman–Crippen LogP) is 1.16. The molecule has 0 bridgehead atoms. The Morgan fingerprint density at radius 2 is 1.86 bits per heavy atom. The molecule has 0 saturated carbocycles. The molecule has 10 heteroatoms. The molecule has 1 amide bonds. The summed E-state index contributed by atoms with van der Waals surface area (Å²) < 4.78 is 44.1. The third kappa shape index (κ3) is 5.24. The van der Waals surface area contributed by atoms with E-state index in [0.717, 1.165) is 17.6 Å². The number of nitrogens with one attached hydrogen (secondary N) is 1. The minimum atomic E-state index is -3.79. The number of sulfone groups is 1. The fraction of sp³-hybridized carbons (Fsp3) is 0.545. The third-order valence-corrected chi connectivity index (χ3v) is 8.26. The molecule has 1 aromatic heterocycles. The van der Waals surface area contributed by atoms with Crippen LogP contribution in [0.2, 0.25) is 0 Å². The molecule has 1 heterocycles. The van der Waals surface area contributed by atoms with Crippen molar-refractivity contribution in [2.75, 3.05) is 12.8 Å². The van der Waals surface area contributed by atoms with E-state index in [0.29, 0.717) is 4.88 Å². The fourth-order valence-corrected chi connectivity index (χ4v) is 3.70. The van der Waals surface area contributed by atoms with Gasteiger partial charge in [-0.1, -0.05) is 0 Å². The third-order valence-electron chi connectivity index (χ3n) is 2.93. The zero-order chi connectivity index (χ0) is 16.5. The number of carbonyl (C=O) groups excluding carboxylic acids is 1. The Balaban J connectivity index is 2.66. The van der Waals surface area contributed by atoms with Gasteiger partial charge in [0.2, 0.25) is 5.91 Å². The van der Waals surface area contributed by atoms with Crippen LogP contribution in [0.4, 0.5) is 0 Å². The highest BCUT2D eigenvalue weighted by Gasteiger charge is 2.30. The Bertz CT molecular complexity index is 734. The van der Waals surface area contributed by atoms with E-state index in [1.54, 1.807) is 0 Å². The monoisotopic (exact) mass is 373 g/mol.